The maximum atomic E-state index is 12.5. The molecule has 1 aliphatic heterocycles. The highest BCUT2D eigenvalue weighted by atomic mass is 16.2. The molecule has 1 amide bonds. The van der Waals surface area contributed by atoms with Gasteiger partial charge in [-0.15, -0.1) is 5.10 Å². The van der Waals surface area contributed by atoms with Crippen molar-refractivity contribution in [3.63, 3.8) is 0 Å². The first kappa shape index (κ1) is 16.6. The first-order valence-electron chi connectivity index (χ1n) is 8.24. The average molecular weight is 329 g/mol. The lowest BCUT2D eigenvalue weighted by Crippen LogP contribution is -2.36. The first-order chi connectivity index (χ1) is 11.5. The van der Waals surface area contributed by atoms with Gasteiger partial charge in [-0.1, -0.05) is 24.3 Å². The molecule has 0 bridgehead atoms. The van der Waals surface area contributed by atoms with Gasteiger partial charge in [-0.25, -0.2) is 4.68 Å². The molecule has 0 unspecified atom stereocenters. The Morgan fingerprint density at radius 3 is 2.75 bits per heavy atom. The number of fused-ring (bicyclic) bond motifs is 1. The zero-order valence-corrected chi connectivity index (χ0v) is 14.3. The standard InChI is InChI=1S/C17H23N5O2/c1-12-10-21(11-15(12)20(2)3)16(23)8-9-22-17(24)13-6-4-5-7-14(13)18-19-22/h4-7,12,15H,8-11H2,1-3H3/t12-,15+/m1/s1. The third kappa shape index (κ3) is 3.17. The van der Waals surface area contributed by atoms with E-state index in [2.05, 4.69) is 22.1 Å². The van der Waals surface area contributed by atoms with Gasteiger partial charge < -0.3 is 9.80 Å². The second-order valence-corrected chi connectivity index (χ2v) is 6.69. The fraction of sp³-hybridized carbons (Fsp3) is 0.529. The SMILES string of the molecule is C[C@@H]1CN(C(=O)CCn2nnc3ccccc3c2=O)C[C@@H]1N(C)C. The van der Waals surface area contributed by atoms with Gasteiger partial charge in [-0.3, -0.25) is 9.59 Å². The van der Waals surface area contributed by atoms with Gasteiger partial charge in [0.2, 0.25) is 5.91 Å². The minimum atomic E-state index is -0.200. The van der Waals surface area contributed by atoms with Crippen LogP contribution in [0.4, 0.5) is 0 Å². The van der Waals surface area contributed by atoms with Crippen molar-refractivity contribution in [1.29, 1.82) is 0 Å². The van der Waals surface area contributed by atoms with Crippen molar-refractivity contribution >= 4 is 16.8 Å². The molecular weight excluding hydrogens is 306 g/mol. The molecule has 1 aromatic heterocycles. The largest absolute Gasteiger partial charge is 0.341 e. The molecule has 1 aromatic carbocycles. The summed E-state index contributed by atoms with van der Waals surface area (Å²) in [7, 11) is 4.08. The van der Waals surface area contributed by atoms with E-state index >= 15 is 0 Å². The lowest BCUT2D eigenvalue weighted by Gasteiger charge is -2.22. The van der Waals surface area contributed by atoms with Crippen molar-refractivity contribution in [1.82, 2.24) is 24.8 Å². The Morgan fingerprint density at radius 1 is 1.29 bits per heavy atom. The fourth-order valence-corrected chi connectivity index (χ4v) is 3.35. The van der Waals surface area contributed by atoms with Gasteiger partial charge in [0.1, 0.15) is 5.52 Å². The minimum Gasteiger partial charge on any atom is -0.341 e. The number of aromatic nitrogens is 3. The van der Waals surface area contributed by atoms with Crippen molar-refractivity contribution in [3.05, 3.63) is 34.6 Å². The summed E-state index contributed by atoms with van der Waals surface area (Å²) >= 11 is 0. The zero-order valence-electron chi connectivity index (χ0n) is 14.3. The molecule has 2 aromatic rings. The summed E-state index contributed by atoms with van der Waals surface area (Å²) in [6, 6.07) is 7.49. The fourth-order valence-electron chi connectivity index (χ4n) is 3.35. The van der Waals surface area contributed by atoms with Crippen molar-refractivity contribution < 1.29 is 4.79 Å². The number of carbonyl (C=O) groups excluding carboxylic acids is 1. The van der Waals surface area contributed by atoms with Crippen LogP contribution in [-0.2, 0) is 11.3 Å². The predicted octanol–water partition coefficient (Wildman–Crippen LogP) is 0.590. The third-order valence-corrected chi connectivity index (χ3v) is 4.76. The molecule has 2 atom stereocenters. The van der Waals surface area contributed by atoms with Crippen molar-refractivity contribution in [3.8, 4) is 0 Å². The van der Waals surface area contributed by atoms with Crippen LogP contribution in [0, 0.1) is 5.92 Å². The number of aryl methyl sites for hydroxylation is 1. The second-order valence-electron chi connectivity index (χ2n) is 6.69. The van der Waals surface area contributed by atoms with Crippen LogP contribution in [0.3, 0.4) is 0 Å². The van der Waals surface area contributed by atoms with Crippen LogP contribution in [0.2, 0.25) is 0 Å². The average Bonchev–Trinajstić information content (AvgIpc) is 2.96. The van der Waals surface area contributed by atoms with E-state index < -0.39 is 0 Å². The molecule has 0 aliphatic carbocycles. The van der Waals surface area contributed by atoms with Crippen LogP contribution in [0.1, 0.15) is 13.3 Å². The molecule has 0 saturated carbocycles. The predicted molar refractivity (Wildman–Crippen MR) is 91.6 cm³/mol. The number of amides is 1. The number of nitrogens with zero attached hydrogens (tertiary/aromatic N) is 5. The molecule has 24 heavy (non-hydrogen) atoms. The van der Waals surface area contributed by atoms with E-state index in [4.69, 9.17) is 0 Å². The number of rotatable bonds is 4. The maximum absolute atomic E-state index is 12.5. The Hall–Kier alpha value is -2.28. The summed E-state index contributed by atoms with van der Waals surface area (Å²) in [6.07, 6.45) is 0.264. The minimum absolute atomic E-state index is 0.0630. The number of hydrogen-bond donors (Lipinski definition) is 0. The molecule has 7 nitrogen and oxygen atoms in total. The Balaban J connectivity index is 1.67. The lowest BCUT2D eigenvalue weighted by molar-refractivity contribution is -0.130. The molecule has 0 spiro atoms. The summed E-state index contributed by atoms with van der Waals surface area (Å²) in [5.41, 5.74) is 0.377. The summed E-state index contributed by atoms with van der Waals surface area (Å²) in [4.78, 5) is 28.9. The highest BCUT2D eigenvalue weighted by molar-refractivity contribution is 5.77. The topological polar surface area (TPSA) is 71.3 Å². The molecular formula is C17H23N5O2. The highest BCUT2D eigenvalue weighted by Gasteiger charge is 2.33. The number of likely N-dealkylation sites (tertiary alicyclic amines) is 1. The monoisotopic (exact) mass is 329 g/mol. The van der Waals surface area contributed by atoms with E-state index in [0.29, 0.717) is 22.9 Å². The Kier molecular flexibility index (Phi) is 4.62. The molecule has 1 saturated heterocycles. The van der Waals surface area contributed by atoms with Gasteiger partial charge in [0.15, 0.2) is 0 Å². The maximum Gasteiger partial charge on any atom is 0.277 e. The van der Waals surface area contributed by atoms with Crippen LogP contribution in [-0.4, -0.2) is 63.9 Å². The van der Waals surface area contributed by atoms with Crippen LogP contribution in [0.5, 0.6) is 0 Å². The van der Waals surface area contributed by atoms with Crippen LogP contribution in [0.15, 0.2) is 29.1 Å². The molecule has 0 radical (unpaired) electrons. The number of likely N-dealkylation sites (N-methyl/N-ethyl adjacent to an activating group) is 1. The van der Waals surface area contributed by atoms with Gasteiger partial charge in [-0.05, 0) is 32.1 Å². The number of carbonyl (C=O) groups is 1. The van der Waals surface area contributed by atoms with E-state index in [9.17, 15) is 9.59 Å². The van der Waals surface area contributed by atoms with Gasteiger partial charge in [0, 0.05) is 25.6 Å². The molecule has 3 rings (SSSR count). The Labute approximate surface area is 140 Å². The van der Waals surface area contributed by atoms with E-state index in [1.807, 2.05) is 25.1 Å². The summed E-state index contributed by atoms with van der Waals surface area (Å²) in [5.74, 6) is 0.514. The number of hydrogen-bond acceptors (Lipinski definition) is 5. The van der Waals surface area contributed by atoms with Gasteiger partial charge in [-0.2, -0.15) is 0 Å². The molecule has 1 aliphatic rings. The molecule has 2 heterocycles. The van der Waals surface area contributed by atoms with Crippen molar-refractivity contribution in [2.24, 2.45) is 5.92 Å². The molecule has 1 fully saturated rings. The molecule has 7 heteroatoms. The molecule has 128 valence electrons. The summed E-state index contributed by atoms with van der Waals surface area (Å²) in [6.45, 7) is 3.93. The van der Waals surface area contributed by atoms with Crippen LogP contribution < -0.4 is 5.56 Å². The normalized spacial score (nSPS) is 20.9. The third-order valence-electron chi connectivity index (χ3n) is 4.76. The van der Waals surface area contributed by atoms with E-state index in [-0.39, 0.29) is 24.4 Å². The number of benzene rings is 1. The zero-order chi connectivity index (χ0) is 17.3. The van der Waals surface area contributed by atoms with E-state index in [1.54, 1.807) is 18.2 Å². The van der Waals surface area contributed by atoms with Crippen LogP contribution in [0.25, 0.3) is 10.9 Å². The molecule has 0 N–H and O–H groups in total. The lowest BCUT2D eigenvalue weighted by atomic mass is 10.1. The first-order valence-corrected chi connectivity index (χ1v) is 8.24. The Bertz CT molecular complexity index is 801. The van der Waals surface area contributed by atoms with Crippen molar-refractivity contribution in [2.75, 3.05) is 27.2 Å². The van der Waals surface area contributed by atoms with Gasteiger partial charge in [0.05, 0.1) is 11.9 Å². The highest BCUT2D eigenvalue weighted by Crippen LogP contribution is 2.20. The summed E-state index contributed by atoms with van der Waals surface area (Å²) < 4.78 is 1.28. The quantitative estimate of drug-likeness (QED) is 0.821. The van der Waals surface area contributed by atoms with Gasteiger partial charge in [0.25, 0.3) is 5.56 Å². The van der Waals surface area contributed by atoms with E-state index in [0.717, 1.165) is 13.1 Å². The summed E-state index contributed by atoms with van der Waals surface area (Å²) in [5, 5.41) is 8.51. The second kappa shape index (κ2) is 6.68. The van der Waals surface area contributed by atoms with Crippen LogP contribution >= 0.6 is 0 Å². The van der Waals surface area contributed by atoms with Crippen molar-refractivity contribution in [2.45, 2.75) is 25.9 Å². The smallest absolute Gasteiger partial charge is 0.277 e. The Morgan fingerprint density at radius 2 is 2.04 bits per heavy atom. The van der Waals surface area contributed by atoms with Gasteiger partial charge >= 0.3 is 0 Å². The van der Waals surface area contributed by atoms with E-state index in [1.165, 1.54) is 4.68 Å².